The molecule has 0 saturated heterocycles. The normalized spacial score (nSPS) is 47.5. The van der Waals surface area contributed by atoms with Crippen LogP contribution in [0.5, 0.6) is 0 Å². The second-order valence-electron chi connectivity index (χ2n) is 9.55. The summed E-state index contributed by atoms with van der Waals surface area (Å²) in [5.41, 5.74) is 0.992. The number of hydrogen-bond donors (Lipinski definition) is 1. The maximum Gasteiger partial charge on any atom is 0.302 e. The van der Waals surface area contributed by atoms with Gasteiger partial charge >= 0.3 is 5.97 Å². The highest BCUT2D eigenvalue weighted by Gasteiger charge is 2.61. The van der Waals surface area contributed by atoms with Gasteiger partial charge in [0.15, 0.2) is 0 Å². The predicted octanol–water partition coefficient (Wildman–Crippen LogP) is 3.67. The van der Waals surface area contributed by atoms with E-state index in [4.69, 9.17) is 4.74 Å². The van der Waals surface area contributed by atoms with E-state index in [-0.39, 0.29) is 29.5 Å². The van der Waals surface area contributed by atoms with Gasteiger partial charge in [-0.25, -0.2) is 0 Å². The fourth-order valence-electron chi connectivity index (χ4n) is 7.19. The number of ether oxygens (including phenoxy) is 1. The first-order chi connectivity index (χ1) is 12.3. The number of aliphatic hydroxyl groups excluding tert-OH is 1. The predicted molar refractivity (Wildman–Crippen MR) is 98.2 cm³/mol. The lowest BCUT2D eigenvalue weighted by Crippen LogP contribution is -2.55. The van der Waals surface area contributed by atoms with Crippen LogP contribution >= 0.6 is 0 Å². The Balaban J connectivity index is 1.69. The third-order valence-corrected chi connectivity index (χ3v) is 8.44. The van der Waals surface area contributed by atoms with Gasteiger partial charge in [0.2, 0.25) is 0 Å². The summed E-state index contributed by atoms with van der Waals surface area (Å²) in [5.74, 6) is 2.05. The van der Waals surface area contributed by atoms with Crippen LogP contribution in [0.4, 0.5) is 0 Å². The molecular formula is C22H32O4. The number of Topliss-reactive ketones (excluding diaryl/α,β-unsaturated/α-hetero) is 1. The summed E-state index contributed by atoms with van der Waals surface area (Å²) in [4.78, 5) is 24.0. The molecule has 4 rings (SSSR count). The summed E-state index contributed by atoms with van der Waals surface area (Å²) < 4.78 is 5.49. The van der Waals surface area contributed by atoms with Gasteiger partial charge in [-0.2, -0.15) is 0 Å². The smallest absolute Gasteiger partial charge is 0.302 e. The molecule has 0 aliphatic heterocycles. The minimum absolute atomic E-state index is 0.0518. The molecule has 0 aromatic heterocycles. The highest BCUT2D eigenvalue weighted by atomic mass is 16.5. The van der Waals surface area contributed by atoms with Crippen LogP contribution in [0.3, 0.4) is 0 Å². The average molecular weight is 360 g/mol. The number of carbonyl (C=O) groups is 2. The van der Waals surface area contributed by atoms with Crippen molar-refractivity contribution in [2.75, 3.05) is 6.61 Å². The lowest BCUT2D eigenvalue weighted by atomic mass is 9.46. The summed E-state index contributed by atoms with van der Waals surface area (Å²) in [5, 5.41) is 10.5. The molecule has 4 nitrogen and oxygen atoms in total. The topological polar surface area (TPSA) is 63.6 Å². The molecule has 7 atom stereocenters. The maximum absolute atomic E-state index is 12.6. The molecule has 0 bridgehead atoms. The Hall–Kier alpha value is -1.16. The van der Waals surface area contributed by atoms with Crippen LogP contribution in [0, 0.1) is 34.5 Å². The second-order valence-corrected chi connectivity index (χ2v) is 9.55. The Morgan fingerprint density at radius 2 is 2.04 bits per heavy atom. The highest BCUT2D eigenvalue weighted by Crippen LogP contribution is 2.65. The van der Waals surface area contributed by atoms with Crippen molar-refractivity contribution in [2.24, 2.45) is 34.5 Å². The fraction of sp³-hybridized carbons (Fsp3) is 0.818. The van der Waals surface area contributed by atoms with Crippen molar-refractivity contribution in [2.45, 2.75) is 71.8 Å². The van der Waals surface area contributed by atoms with Crippen LogP contribution in [-0.2, 0) is 14.3 Å². The van der Waals surface area contributed by atoms with E-state index in [1.807, 2.05) is 0 Å². The molecule has 0 spiro atoms. The number of allylic oxidation sites excluding steroid dienone is 1. The molecule has 0 unspecified atom stereocenters. The van der Waals surface area contributed by atoms with Crippen LogP contribution in [0.25, 0.3) is 0 Å². The zero-order valence-corrected chi connectivity index (χ0v) is 16.3. The van der Waals surface area contributed by atoms with Crippen molar-refractivity contribution >= 4 is 11.8 Å². The summed E-state index contributed by atoms with van der Waals surface area (Å²) >= 11 is 0. The molecule has 3 fully saturated rings. The van der Waals surface area contributed by atoms with Crippen LogP contribution in [0.15, 0.2) is 11.6 Å². The Kier molecular flexibility index (Phi) is 4.33. The van der Waals surface area contributed by atoms with Gasteiger partial charge in [-0.3, -0.25) is 9.59 Å². The second kappa shape index (κ2) is 6.19. The quantitative estimate of drug-likeness (QED) is 0.603. The molecule has 4 aliphatic carbocycles. The SMILES string of the molecule is CC(=O)O[C@H]1CC[C@@]2(CO)C(=C[C@@H](C)[C@@H]3[C@@H]2CC[C@]2(C)C(=O)CC[C@@H]32)C1. The fourth-order valence-corrected chi connectivity index (χ4v) is 7.19. The number of esters is 1. The monoisotopic (exact) mass is 360 g/mol. The molecule has 4 aliphatic rings. The lowest BCUT2D eigenvalue weighted by molar-refractivity contribution is -0.150. The lowest BCUT2D eigenvalue weighted by Gasteiger charge is -2.59. The Bertz CT molecular complexity index is 653. The van der Waals surface area contributed by atoms with Gasteiger partial charge in [0.05, 0.1) is 6.61 Å². The summed E-state index contributed by atoms with van der Waals surface area (Å²) in [6.45, 7) is 6.13. The Morgan fingerprint density at radius 3 is 2.73 bits per heavy atom. The third kappa shape index (κ3) is 2.44. The van der Waals surface area contributed by atoms with E-state index in [1.165, 1.54) is 12.5 Å². The number of ketones is 1. The van der Waals surface area contributed by atoms with E-state index < -0.39 is 0 Å². The van der Waals surface area contributed by atoms with E-state index in [2.05, 4.69) is 19.9 Å². The molecule has 26 heavy (non-hydrogen) atoms. The van der Waals surface area contributed by atoms with Crippen molar-refractivity contribution in [1.82, 2.24) is 0 Å². The average Bonchev–Trinajstić information content (AvgIpc) is 2.89. The minimum atomic E-state index is -0.216. The molecule has 1 N–H and O–H groups in total. The van der Waals surface area contributed by atoms with E-state index >= 15 is 0 Å². The van der Waals surface area contributed by atoms with Gasteiger partial charge in [-0.15, -0.1) is 0 Å². The summed E-state index contributed by atoms with van der Waals surface area (Å²) in [7, 11) is 0. The first kappa shape index (κ1) is 18.2. The van der Waals surface area contributed by atoms with E-state index in [0.29, 0.717) is 29.5 Å². The van der Waals surface area contributed by atoms with E-state index in [1.54, 1.807) is 0 Å². The molecular weight excluding hydrogens is 328 g/mol. The molecule has 4 heteroatoms. The van der Waals surface area contributed by atoms with E-state index in [0.717, 1.165) is 44.9 Å². The number of carbonyl (C=O) groups excluding carboxylic acids is 2. The van der Waals surface area contributed by atoms with Crippen molar-refractivity contribution in [3.05, 3.63) is 11.6 Å². The van der Waals surface area contributed by atoms with Gasteiger partial charge in [0.25, 0.3) is 0 Å². The molecule has 0 aromatic rings. The molecule has 144 valence electrons. The van der Waals surface area contributed by atoms with Crippen LogP contribution in [0.2, 0.25) is 0 Å². The van der Waals surface area contributed by atoms with Crippen molar-refractivity contribution in [3.63, 3.8) is 0 Å². The number of hydrogen-bond acceptors (Lipinski definition) is 4. The number of rotatable bonds is 2. The first-order valence-corrected chi connectivity index (χ1v) is 10.3. The highest BCUT2D eigenvalue weighted by molar-refractivity contribution is 5.87. The standard InChI is InChI=1S/C22H32O4/c1-13-10-15-11-16(26-14(2)24)6-9-22(15,12-23)18-7-8-21(3)17(20(13)18)4-5-19(21)25/h10,13,16-18,20,23H,4-9,11-12H2,1-3H3/t13-,16+,17+,18+,20+,21+,22-/m1/s1. The number of aliphatic hydroxyl groups is 1. The largest absolute Gasteiger partial charge is 0.462 e. The molecule has 0 aromatic carbocycles. The van der Waals surface area contributed by atoms with Gasteiger partial charge in [-0.1, -0.05) is 25.5 Å². The van der Waals surface area contributed by atoms with Gasteiger partial charge < -0.3 is 9.84 Å². The zero-order valence-electron chi connectivity index (χ0n) is 16.3. The van der Waals surface area contributed by atoms with Crippen LogP contribution in [0.1, 0.15) is 65.7 Å². The van der Waals surface area contributed by atoms with Crippen molar-refractivity contribution in [1.29, 1.82) is 0 Å². The summed E-state index contributed by atoms with van der Waals surface area (Å²) in [6.07, 6.45) is 8.53. The molecule has 0 heterocycles. The summed E-state index contributed by atoms with van der Waals surface area (Å²) in [6, 6.07) is 0. The number of fused-ring (bicyclic) bond motifs is 5. The van der Waals surface area contributed by atoms with E-state index in [9.17, 15) is 14.7 Å². The van der Waals surface area contributed by atoms with Crippen molar-refractivity contribution < 1.29 is 19.4 Å². The minimum Gasteiger partial charge on any atom is -0.462 e. The molecule has 0 amide bonds. The third-order valence-electron chi connectivity index (χ3n) is 8.44. The first-order valence-electron chi connectivity index (χ1n) is 10.3. The zero-order chi connectivity index (χ0) is 18.7. The van der Waals surface area contributed by atoms with Gasteiger partial charge in [0.1, 0.15) is 11.9 Å². The van der Waals surface area contributed by atoms with Gasteiger partial charge in [0, 0.05) is 30.6 Å². The Morgan fingerprint density at radius 1 is 1.27 bits per heavy atom. The Labute approximate surface area is 156 Å². The van der Waals surface area contributed by atoms with Crippen LogP contribution in [-0.4, -0.2) is 29.6 Å². The van der Waals surface area contributed by atoms with Crippen molar-refractivity contribution in [3.8, 4) is 0 Å². The molecule has 3 saturated carbocycles. The molecule has 0 radical (unpaired) electrons. The van der Waals surface area contributed by atoms with Crippen LogP contribution < -0.4 is 0 Å². The van der Waals surface area contributed by atoms with Gasteiger partial charge in [-0.05, 0) is 55.8 Å². The maximum atomic E-state index is 12.6.